The van der Waals surface area contributed by atoms with E-state index in [0.29, 0.717) is 18.7 Å². The molecule has 1 aliphatic rings. The molecular weight excluding hydrogens is 472 g/mol. The minimum atomic E-state index is -3.73. The molecule has 1 aromatic heterocycles. The maximum atomic E-state index is 13.3. The van der Waals surface area contributed by atoms with Gasteiger partial charge >= 0.3 is 5.97 Å². The summed E-state index contributed by atoms with van der Waals surface area (Å²) in [5, 5.41) is 16.3. The van der Waals surface area contributed by atoms with E-state index in [1.165, 1.54) is 22.5 Å². The summed E-state index contributed by atoms with van der Waals surface area (Å²) in [5.41, 5.74) is -0.129. The molecule has 0 aliphatic carbocycles. The van der Waals surface area contributed by atoms with Gasteiger partial charge in [0.05, 0.1) is 10.3 Å². The number of aromatic nitrogens is 2. The van der Waals surface area contributed by atoms with Crippen molar-refractivity contribution in [2.45, 2.75) is 44.0 Å². The number of nitrogens with one attached hydrogen (secondary N) is 1. The molecule has 1 amide bonds. The molecule has 184 valence electrons. The summed E-state index contributed by atoms with van der Waals surface area (Å²) in [6.07, 6.45) is 3.60. The van der Waals surface area contributed by atoms with Gasteiger partial charge in [-0.05, 0) is 43.5 Å². The van der Waals surface area contributed by atoms with E-state index < -0.39 is 34.0 Å². The van der Waals surface area contributed by atoms with Crippen molar-refractivity contribution in [2.24, 2.45) is 0 Å². The number of carboxylic acid groups (broad SMARTS) is 1. The third kappa shape index (κ3) is 5.10. The van der Waals surface area contributed by atoms with Crippen molar-refractivity contribution in [1.82, 2.24) is 14.1 Å². The number of anilines is 1. The van der Waals surface area contributed by atoms with Crippen LogP contribution in [-0.2, 0) is 21.4 Å². The smallest absolute Gasteiger partial charge is 0.357 e. The number of nitrogens with zero attached hydrogens (tertiary/aromatic N) is 3. The average Bonchev–Trinajstić information content (AvgIpc) is 3.12. The van der Waals surface area contributed by atoms with Crippen LogP contribution in [0.3, 0.4) is 0 Å². The van der Waals surface area contributed by atoms with E-state index in [1.54, 1.807) is 31.2 Å². The third-order valence-corrected chi connectivity index (χ3v) is 8.06. The Labute approximate surface area is 202 Å². The van der Waals surface area contributed by atoms with Gasteiger partial charge in [0.15, 0.2) is 5.69 Å². The van der Waals surface area contributed by atoms with E-state index in [1.807, 2.05) is 0 Å². The van der Waals surface area contributed by atoms with Crippen LogP contribution in [0.4, 0.5) is 5.69 Å². The van der Waals surface area contributed by atoms with E-state index in [-0.39, 0.29) is 27.0 Å². The van der Waals surface area contributed by atoms with Crippen molar-refractivity contribution in [3.8, 4) is 0 Å². The number of benzene rings is 2. The quantitative estimate of drug-likeness (QED) is 0.533. The molecule has 2 N–H and O–H groups in total. The minimum absolute atomic E-state index is 0.117. The van der Waals surface area contributed by atoms with Gasteiger partial charge in [-0.15, -0.1) is 0 Å². The van der Waals surface area contributed by atoms with Gasteiger partial charge in [-0.1, -0.05) is 37.1 Å². The van der Waals surface area contributed by atoms with Crippen molar-refractivity contribution in [3.05, 3.63) is 64.1 Å². The summed E-state index contributed by atoms with van der Waals surface area (Å²) >= 11 is 0. The van der Waals surface area contributed by atoms with Crippen LogP contribution in [0.2, 0.25) is 0 Å². The van der Waals surface area contributed by atoms with Crippen molar-refractivity contribution >= 4 is 38.4 Å². The Morgan fingerprint density at radius 3 is 2.34 bits per heavy atom. The van der Waals surface area contributed by atoms with Crippen LogP contribution in [0, 0.1) is 6.92 Å². The predicted molar refractivity (Wildman–Crippen MR) is 130 cm³/mol. The van der Waals surface area contributed by atoms with Crippen LogP contribution in [0.25, 0.3) is 10.8 Å². The zero-order chi connectivity index (χ0) is 25.2. The van der Waals surface area contributed by atoms with Crippen molar-refractivity contribution in [1.29, 1.82) is 0 Å². The number of amides is 1. The maximum Gasteiger partial charge on any atom is 0.357 e. The van der Waals surface area contributed by atoms with Gasteiger partial charge < -0.3 is 10.4 Å². The van der Waals surface area contributed by atoms with Gasteiger partial charge in [-0.3, -0.25) is 9.59 Å². The van der Waals surface area contributed by atoms with Crippen molar-refractivity contribution in [3.63, 3.8) is 0 Å². The molecule has 10 nitrogen and oxygen atoms in total. The van der Waals surface area contributed by atoms with Gasteiger partial charge in [-0.2, -0.15) is 9.40 Å². The Bertz CT molecular complexity index is 1460. The molecule has 1 aliphatic heterocycles. The summed E-state index contributed by atoms with van der Waals surface area (Å²) < 4.78 is 28.8. The Hall–Kier alpha value is -3.57. The second kappa shape index (κ2) is 9.96. The summed E-state index contributed by atoms with van der Waals surface area (Å²) in [7, 11) is -3.73. The number of aromatic carboxylic acids is 1. The topological polar surface area (TPSA) is 139 Å². The van der Waals surface area contributed by atoms with Gasteiger partial charge in [-0.25, -0.2) is 17.9 Å². The Morgan fingerprint density at radius 2 is 1.69 bits per heavy atom. The first-order valence-electron chi connectivity index (χ1n) is 11.3. The van der Waals surface area contributed by atoms with E-state index >= 15 is 0 Å². The second-order valence-corrected chi connectivity index (χ2v) is 10.4. The predicted octanol–water partition coefficient (Wildman–Crippen LogP) is 2.61. The number of hydrogen-bond donors (Lipinski definition) is 2. The molecule has 11 heteroatoms. The molecule has 2 heterocycles. The molecule has 0 bridgehead atoms. The van der Waals surface area contributed by atoms with Crippen LogP contribution in [0.15, 0.2) is 52.2 Å². The van der Waals surface area contributed by atoms with Crippen LogP contribution in [-0.4, -0.2) is 52.6 Å². The number of hydrogen-bond acceptors (Lipinski definition) is 6. The Kier molecular flexibility index (Phi) is 6.99. The molecule has 1 fully saturated rings. The van der Waals surface area contributed by atoms with E-state index in [9.17, 15) is 27.9 Å². The highest BCUT2D eigenvalue weighted by Gasteiger charge is 2.27. The van der Waals surface area contributed by atoms with Crippen LogP contribution in [0.5, 0.6) is 0 Å². The SMILES string of the molecule is Cc1ccc(NC(=O)Cn2nc(C(=O)O)c3ccccc3c2=O)cc1S(=O)(=O)N1CCCCCC1. The number of carbonyl (C=O) groups excluding carboxylic acids is 1. The fourth-order valence-corrected chi connectivity index (χ4v) is 5.98. The fourth-order valence-electron chi connectivity index (χ4n) is 4.21. The van der Waals surface area contributed by atoms with E-state index in [4.69, 9.17) is 0 Å². The first-order chi connectivity index (χ1) is 16.7. The molecule has 0 saturated carbocycles. The first-order valence-corrected chi connectivity index (χ1v) is 12.8. The van der Waals surface area contributed by atoms with Crippen LogP contribution < -0.4 is 10.9 Å². The van der Waals surface area contributed by atoms with Crippen LogP contribution >= 0.6 is 0 Å². The molecule has 0 spiro atoms. The monoisotopic (exact) mass is 498 g/mol. The molecule has 0 radical (unpaired) electrons. The van der Waals surface area contributed by atoms with E-state index in [2.05, 4.69) is 10.4 Å². The van der Waals surface area contributed by atoms with Gasteiger partial charge in [0.2, 0.25) is 15.9 Å². The highest BCUT2D eigenvalue weighted by molar-refractivity contribution is 7.89. The number of fused-ring (bicyclic) bond motifs is 1. The molecule has 35 heavy (non-hydrogen) atoms. The van der Waals surface area contributed by atoms with Crippen molar-refractivity contribution in [2.75, 3.05) is 18.4 Å². The van der Waals surface area contributed by atoms with Crippen LogP contribution in [0.1, 0.15) is 41.7 Å². The standard InChI is InChI=1S/C24H26N4O6S/c1-16-10-11-17(14-20(16)35(33,34)27-12-6-2-3-7-13-27)25-21(29)15-28-23(30)19-9-5-4-8-18(19)22(26-28)24(31)32/h4-5,8-11,14H,2-3,6-7,12-13,15H2,1H3,(H,25,29)(H,31,32). The summed E-state index contributed by atoms with van der Waals surface area (Å²) in [6, 6.07) is 10.8. The lowest BCUT2D eigenvalue weighted by atomic mass is 10.1. The zero-order valence-electron chi connectivity index (χ0n) is 19.2. The molecule has 2 aromatic carbocycles. The normalized spacial score (nSPS) is 15.0. The Balaban J connectivity index is 1.60. The number of carbonyl (C=O) groups is 2. The largest absolute Gasteiger partial charge is 0.476 e. The second-order valence-electron chi connectivity index (χ2n) is 8.51. The lowest BCUT2D eigenvalue weighted by Crippen LogP contribution is -2.33. The average molecular weight is 499 g/mol. The molecule has 3 aromatic rings. The number of carboxylic acids is 1. The summed E-state index contributed by atoms with van der Waals surface area (Å²) in [5.74, 6) is -1.97. The van der Waals surface area contributed by atoms with Gasteiger partial charge in [0.1, 0.15) is 6.54 Å². The molecular formula is C24H26N4O6S. The molecule has 4 rings (SSSR count). The van der Waals surface area contributed by atoms with Gasteiger partial charge in [0, 0.05) is 24.2 Å². The fraction of sp³-hybridized carbons (Fsp3) is 0.333. The lowest BCUT2D eigenvalue weighted by molar-refractivity contribution is -0.117. The third-order valence-electron chi connectivity index (χ3n) is 6.02. The summed E-state index contributed by atoms with van der Waals surface area (Å²) in [6.45, 7) is 2.08. The zero-order valence-corrected chi connectivity index (χ0v) is 20.0. The van der Waals surface area contributed by atoms with Gasteiger partial charge in [0.25, 0.3) is 5.56 Å². The molecule has 0 unspecified atom stereocenters. The van der Waals surface area contributed by atoms with Crippen molar-refractivity contribution < 1.29 is 23.1 Å². The minimum Gasteiger partial charge on any atom is -0.476 e. The van der Waals surface area contributed by atoms with E-state index in [0.717, 1.165) is 30.4 Å². The highest BCUT2D eigenvalue weighted by atomic mass is 32.2. The number of sulfonamides is 1. The maximum absolute atomic E-state index is 13.3. The summed E-state index contributed by atoms with van der Waals surface area (Å²) in [4.78, 5) is 37.2. The Morgan fingerprint density at radius 1 is 1.03 bits per heavy atom. The lowest BCUT2D eigenvalue weighted by Gasteiger charge is -2.21. The number of rotatable bonds is 6. The molecule has 0 atom stereocenters. The molecule has 1 saturated heterocycles. The first kappa shape index (κ1) is 24.6. The number of aryl methyl sites for hydroxylation is 1. The highest BCUT2D eigenvalue weighted by Crippen LogP contribution is 2.26.